The molecule has 0 aliphatic rings. The van der Waals surface area contributed by atoms with Gasteiger partial charge >= 0.3 is 0 Å². The molecule has 0 spiro atoms. The summed E-state index contributed by atoms with van der Waals surface area (Å²) in [6.07, 6.45) is 4.24. The van der Waals surface area contributed by atoms with E-state index in [2.05, 4.69) is 49.7 Å². The third-order valence-electron chi connectivity index (χ3n) is 3.58. The van der Waals surface area contributed by atoms with Crippen LogP contribution in [0.4, 0.5) is 0 Å². The monoisotopic (exact) mass is 223 g/mol. The van der Waals surface area contributed by atoms with Crippen molar-refractivity contribution in [2.75, 3.05) is 6.54 Å². The van der Waals surface area contributed by atoms with E-state index < -0.39 is 0 Å². The lowest BCUT2D eigenvalue weighted by atomic mass is 9.92. The molecule has 0 fully saturated rings. The third kappa shape index (κ3) is 3.34. The van der Waals surface area contributed by atoms with Gasteiger partial charge in [0.2, 0.25) is 0 Å². The Morgan fingerprint density at radius 2 is 2.00 bits per heavy atom. The molecule has 0 aromatic carbocycles. The summed E-state index contributed by atoms with van der Waals surface area (Å²) in [6.45, 7) is 9.59. The van der Waals surface area contributed by atoms with E-state index in [1.54, 1.807) is 0 Å². The SMILES string of the molecule is CCC(C)n1ccc(CC(C)C(C)CN)n1. The van der Waals surface area contributed by atoms with Gasteiger partial charge in [-0.3, -0.25) is 4.68 Å². The minimum absolute atomic E-state index is 0.496. The van der Waals surface area contributed by atoms with Crippen molar-refractivity contribution in [2.45, 2.75) is 46.6 Å². The van der Waals surface area contributed by atoms with Crippen molar-refractivity contribution in [3.8, 4) is 0 Å². The van der Waals surface area contributed by atoms with Crippen LogP contribution in [0.1, 0.15) is 45.9 Å². The normalized spacial score (nSPS) is 17.1. The fourth-order valence-corrected chi connectivity index (χ4v) is 1.68. The summed E-state index contributed by atoms with van der Waals surface area (Å²) in [4.78, 5) is 0. The molecule has 3 heteroatoms. The highest BCUT2D eigenvalue weighted by Gasteiger charge is 2.13. The van der Waals surface area contributed by atoms with Gasteiger partial charge in [0.15, 0.2) is 0 Å². The molecule has 0 aliphatic heterocycles. The lowest BCUT2D eigenvalue weighted by molar-refractivity contribution is 0.386. The fourth-order valence-electron chi connectivity index (χ4n) is 1.68. The fraction of sp³-hybridized carbons (Fsp3) is 0.769. The molecule has 0 aliphatic carbocycles. The van der Waals surface area contributed by atoms with Gasteiger partial charge in [0, 0.05) is 12.2 Å². The van der Waals surface area contributed by atoms with Gasteiger partial charge in [-0.2, -0.15) is 5.10 Å². The Morgan fingerprint density at radius 1 is 1.31 bits per heavy atom. The van der Waals surface area contributed by atoms with Crippen molar-refractivity contribution < 1.29 is 0 Å². The number of nitrogens with two attached hydrogens (primary N) is 1. The molecule has 0 saturated heterocycles. The van der Waals surface area contributed by atoms with Crippen LogP contribution in [0.3, 0.4) is 0 Å². The van der Waals surface area contributed by atoms with E-state index in [9.17, 15) is 0 Å². The zero-order valence-corrected chi connectivity index (χ0v) is 11.0. The summed E-state index contributed by atoms with van der Waals surface area (Å²) in [7, 11) is 0. The van der Waals surface area contributed by atoms with E-state index in [4.69, 9.17) is 5.73 Å². The average molecular weight is 223 g/mol. The zero-order chi connectivity index (χ0) is 12.1. The second kappa shape index (κ2) is 6.04. The summed E-state index contributed by atoms with van der Waals surface area (Å²) < 4.78 is 2.06. The number of hydrogen-bond donors (Lipinski definition) is 1. The van der Waals surface area contributed by atoms with Crippen LogP contribution in [-0.4, -0.2) is 16.3 Å². The standard InChI is InChI=1S/C13H25N3/c1-5-12(4)16-7-6-13(15-16)8-10(2)11(3)9-14/h6-7,10-12H,5,8-9,14H2,1-4H3. The van der Waals surface area contributed by atoms with Crippen LogP contribution >= 0.6 is 0 Å². The van der Waals surface area contributed by atoms with Crippen molar-refractivity contribution in [3.05, 3.63) is 18.0 Å². The van der Waals surface area contributed by atoms with Crippen LogP contribution in [0.5, 0.6) is 0 Å². The number of aromatic nitrogens is 2. The van der Waals surface area contributed by atoms with Gasteiger partial charge in [-0.05, 0) is 44.2 Å². The average Bonchev–Trinajstić information content (AvgIpc) is 2.75. The molecule has 0 bridgehead atoms. The first-order chi connectivity index (χ1) is 7.58. The van der Waals surface area contributed by atoms with Gasteiger partial charge in [0.25, 0.3) is 0 Å². The highest BCUT2D eigenvalue weighted by Crippen LogP contribution is 2.16. The summed E-state index contributed by atoms with van der Waals surface area (Å²) in [6, 6.07) is 2.63. The molecule has 92 valence electrons. The molecular weight excluding hydrogens is 198 g/mol. The molecule has 3 unspecified atom stereocenters. The first kappa shape index (κ1) is 13.2. The molecule has 3 atom stereocenters. The minimum atomic E-state index is 0.496. The lowest BCUT2D eigenvalue weighted by Crippen LogP contribution is -2.20. The Bertz CT molecular complexity index is 306. The molecule has 1 aromatic rings. The zero-order valence-electron chi connectivity index (χ0n) is 11.0. The van der Waals surface area contributed by atoms with Crippen molar-refractivity contribution in [1.29, 1.82) is 0 Å². The molecule has 0 radical (unpaired) electrons. The third-order valence-corrected chi connectivity index (χ3v) is 3.58. The molecule has 0 saturated carbocycles. The molecule has 1 rings (SSSR count). The minimum Gasteiger partial charge on any atom is -0.330 e. The van der Waals surface area contributed by atoms with Crippen LogP contribution in [0, 0.1) is 11.8 Å². The topological polar surface area (TPSA) is 43.8 Å². The Morgan fingerprint density at radius 3 is 2.56 bits per heavy atom. The smallest absolute Gasteiger partial charge is 0.0627 e. The predicted molar refractivity (Wildman–Crippen MR) is 68.3 cm³/mol. The molecule has 16 heavy (non-hydrogen) atoms. The second-order valence-electron chi connectivity index (χ2n) is 4.94. The Hall–Kier alpha value is -0.830. The van der Waals surface area contributed by atoms with Gasteiger partial charge < -0.3 is 5.73 Å². The largest absolute Gasteiger partial charge is 0.330 e. The van der Waals surface area contributed by atoms with Crippen LogP contribution in [0.15, 0.2) is 12.3 Å². The molecular formula is C13H25N3. The summed E-state index contributed by atoms with van der Waals surface area (Å²) in [5, 5.41) is 4.61. The van der Waals surface area contributed by atoms with Gasteiger partial charge in [-0.25, -0.2) is 0 Å². The van der Waals surface area contributed by atoms with Crippen molar-refractivity contribution in [1.82, 2.24) is 9.78 Å². The van der Waals surface area contributed by atoms with Crippen molar-refractivity contribution in [3.63, 3.8) is 0 Å². The number of hydrogen-bond acceptors (Lipinski definition) is 2. The molecule has 3 nitrogen and oxygen atoms in total. The van der Waals surface area contributed by atoms with Gasteiger partial charge in [0.05, 0.1) is 5.69 Å². The Kier molecular flexibility index (Phi) is 5.00. The van der Waals surface area contributed by atoms with Gasteiger partial charge in [-0.15, -0.1) is 0 Å². The van der Waals surface area contributed by atoms with Crippen LogP contribution in [-0.2, 0) is 6.42 Å². The number of nitrogens with zero attached hydrogens (tertiary/aromatic N) is 2. The Labute approximate surface area is 99.0 Å². The van der Waals surface area contributed by atoms with Crippen molar-refractivity contribution >= 4 is 0 Å². The van der Waals surface area contributed by atoms with Gasteiger partial charge in [0.1, 0.15) is 0 Å². The summed E-state index contributed by atoms with van der Waals surface area (Å²) in [5.41, 5.74) is 6.86. The summed E-state index contributed by atoms with van der Waals surface area (Å²) in [5.74, 6) is 1.17. The van der Waals surface area contributed by atoms with E-state index in [1.165, 1.54) is 5.69 Å². The lowest BCUT2D eigenvalue weighted by Gasteiger charge is -2.16. The van der Waals surface area contributed by atoms with Crippen LogP contribution < -0.4 is 5.73 Å². The maximum atomic E-state index is 5.68. The van der Waals surface area contributed by atoms with E-state index in [0.29, 0.717) is 17.9 Å². The predicted octanol–water partition coefficient (Wildman–Crippen LogP) is 2.63. The van der Waals surface area contributed by atoms with Gasteiger partial charge in [-0.1, -0.05) is 20.8 Å². The maximum Gasteiger partial charge on any atom is 0.0627 e. The number of rotatable bonds is 6. The highest BCUT2D eigenvalue weighted by atomic mass is 15.3. The molecule has 2 N–H and O–H groups in total. The molecule has 0 amide bonds. The molecule has 1 aromatic heterocycles. The first-order valence-electron chi connectivity index (χ1n) is 6.32. The van der Waals surface area contributed by atoms with E-state index in [-0.39, 0.29) is 0 Å². The van der Waals surface area contributed by atoms with E-state index in [0.717, 1.165) is 19.4 Å². The quantitative estimate of drug-likeness (QED) is 0.805. The second-order valence-corrected chi connectivity index (χ2v) is 4.94. The van der Waals surface area contributed by atoms with Crippen molar-refractivity contribution in [2.24, 2.45) is 17.6 Å². The highest BCUT2D eigenvalue weighted by molar-refractivity contribution is 5.01. The van der Waals surface area contributed by atoms with E-state index in [1.807, 2.05) is 0 Å². The molecule has 1 heterocycles. The Balaban J connectivity index is 2.58. The van der Waals surface area contributed by atoms with Crippen LogP contribution in [0.25, 0.3) is 0 Å². The van der Waals surface area contributed by atoms with E-state index >= 15 is 0 Å². The maximum absolute atomic E-state index is 5.68. The summed E-state index contributed by atoms with van der Waals surface area (Å²) >= 11 is 0. The first-order valence-corrected chi connectivity index (χ1v) is 6.32. The van der Waals surface area contributed by atoms with Crippen LogP contribution in [0.2, 0.25) is 0 Å².